The lowest BCUT2D eigenvalue weighted by atomic mass is 10.1. The fourth-order valence-corrected chi connectivity index (χ4v) is 7.37. The Morgan fingerprint density at radius 1 is 0.279 bits per heavy atom. The van der Waals surface area contributed by atoms with Gasteiger partial charge in [0.2, 0.25) is 0 Å². The van der Waals surface area contributed by atoms with Gasteiger partial charge in [-0.3, -0.25) is 0 Å². The highest BCUT2D eigenvalue weighted by Gasteiger charge is 2.31. The first kappa shape index (κ1) is 114. The van der Waals surface area contributed by atoms with E-state index in [2.05, 4.69) is 78.9 Å². The van der Waals surface area contributed by atoms with E-state index in [1.807, 2.05) is 83.4 Å². The number of benzene rings is 10. The number of hydrogen-bond donors (Lipinski definition) is 0. The number of halogens is 16. The van der Waals surface area contributed by atoms with Crippen LogP contribution in [0.25, 0.3) is 0 Å². The quantitative estimate of drug-likeness (QED) is 0.164. The van der Waals surface area contributed by atoms with Crippen molar-refractivity contribution in [1.29, 1.82) is 0 Å². The number of nitrogens with zero attached hydrogens (tertiary/aromatic N) is 2. The van der Waals surface area contributed by atoms with Crippen molar-refractivity contribution in [3.8, 4) is 5.75 Å². The molecule has 0 aliphatic rings. The molecule has 582 valence electrons. The Morgan fingerprint density at radius 3 is 0.971 bits per heavy atom. The molecule has 0 fully saturated rings. The molecular formula is C85H114Cl4F12N2O. The number of rotatable bonds is 3. The van der Waals surface area contributed by atoms with Gasteiger partial charge >= 0.3 is 6.36 Å². The number of hydrogen-bond acceptors (Lipinski definition) is 3. The molecule has 0 aliphatic carbocycles. The van der Waals surface area contributed by atoms with Gasteiger partial charge in [0.25, 0.3) is 0 Å². The number of anilines is 2. The van der Waals surface area contributed by atoms with Gasteiger partial charge in [-0.15, -0.1) is 13.2 Å². The lowest BCUT2D eigenvalue weighted by molar-refractivity contribution is -0.274. The van der Waals surface area contributed by atoms with Crippen LogP contribution in [0.4, 0.5) is 64.1 Å². The largest absolute Gasteiger partial charge is 0.573 e. The van der Waals surface area contributed by atoms with E-state index in [-0.39, 0.29) is 113 Å². The summed E-state index contributed by atoms with van der Waals surface area (Å²) in [6, 6.07) is 54.3. The third-order valence-electron chi connectivity index (χ3n) is 12.9. The average Bonchev–Trinajstić information content (AvgIpc) is 0.784. The first-order chi connectivity index (χ1) is 44.3. The van der Waals surface area contributed by atoms with E-state index in [4.69, 9.17) is 46.4 Å². The maximum atomic E-state index is 13.1. The number of aryl methyl sites for hydroxylation is 8. The van der Waals surface area contributed by atoms with Crippen molar-refractivity contribution >= 4 is 57.8 Å². The van der Waals surface area contributed by atoms with Crippen LogP contribution in [0.5, 0.6) is 5.75 Å². The highest BCUT2D eigenvalue weighted by molar-refractivity contribution is 6.36. The topological polar surface area (TPSA) is 15.7 Å². The molecule has 0 amide bonds. The lowest BCUT2D eigenvalue weighted by Gasteiger charge is -2.13. The van der Waals surface area contributed by atoms with Crippen LogP contribution in [0.3, 0.4) is 0 Å². The van der Waals surface area contributed by atoms with Gasteiger partial charge in [0, 0.05) is 83.3 Å². The normalized spacial score (nSPS) is 8.99. The summed E-state index contributed by atoms with van der Waals surface area (Å²) in [6.07, 6.45) is -4.60. The van der Waals surface area contributed by atoms with Gasteiger partial charge in [0.15, 0.2) is 0 Å². The summed E-state index contributed by atoms with van der Waals surface area (Å²) in [4.78, 5) is 3.64. The van der Waals surface area contributed by atoms with E-state index in [0.29, 0.717) is 28.3 Å². The zero-order valence-corrected chi connectivity index (χ0v) is 58.4. The second-order valence-electron chi connectivity index (χ2n) is 21.2. The molecule has 0 N–H and O–H groups in total. The molecular weight excluding hydrogens is 1430 g/mol. The van der Waals surface area contributed by atoms with E-state index in [1.54, 1.807) is 58.3 Å². The fourth-order valence-electron chi connectivity index (χ4n) is 6.67. The zero-order valence-electron chi connectivity index (χ0n) is 55.4. The van der Waals surface area contributed by atoms with Crippen molar-refractivity contribution in [1.82, 2.24) is 0 Å². The van der Waals surface area contributed by atoms with Gasteiger partial charge in [0.05, 0.1) is 5.69 Å². The predicted octanol–water partition coefficient (Wildman–Crippen LogP) is 30.9. The maximum absolute atomic E-state index is 13.1. The molecule has 10 aromatic rings. The van der Waals surface area contributed by atoms with Crippen LogP contribution < -0.4 is 14.5 Å². The van der Waals surface area contributed by atoms with Crippen LogP contribution >= 0.6 is 46.4 Å². The van der Waals surface area contributed by atoms with Gasteiger partial charge in [-0.2, -0.15) is 0 Å². The summed E-state index contributed by atoms with van der Waals surface area (Å²) >= 11 is 22.7. The molecule has 10 rings (SSSR count). The van der Waals surface area contributed by atoms with Crippen LogP contribution in [0.1, 0.15) is 128 Å². The Bertz CT molecular complexity index is 3610. The third kappa shape index (κ3) is 47.3. The monoisotopic (exact) mass is 1550 g/mol. The average molecular weight is 1550 g/mol. The molecule has 0 saturated carbocycles. The minimum Gasteiger partial charge on any atom is -0.406 e. The Labute approximate surface area is 638 Å². The molecule has 104 heavy (non-hydrogen) atoms. The standard InChI is InChI=1S/C9H11F2N.C9H13N.C8H7F3O.C8H10.C7H6Cl2.C7H6ClF.C7H7Cl.C7H5F3.C7H6F2.C7H7F.9CH4/c1-6-4-8(11)9(12(2)3)5-7(6)10;1-8-4-6-9(7-5-8)10(2)3;1-6-2-4-7(5-3-6)12-8(9,10)11;1-7-5-3-4-6-8(7)2;1-5-6(8)3-2-4-7(5)9;1-5-2-3-6(9)4-7(5)8;1-6-4-2-3-5-7(6)8;1-4-6(9)2-5(8)3-7(4)10;1-5-6(8)3-2-4-7(5)9;1-6-4-2-3-5-7(6)8;;;;;;;;;/h4-5H,1-3H3;4-7H,1-3H3;2-5H,1H3;3-6H,1-2H3;2*2-4H,1H3;2-5H,1H3;2-3H,1H3;2-4H,1H3;2-5H,1H3;9*1H4. The Kier molecular flexibility index (Phi) is 65.1. The molecule has 19 heteroatoms. The van der Waals surface area contributed by atoms with Crippen LogP contribution in [0.2, 0.25) is 20.1 Å². The SMILES string of the molecule is C.C.C.C.C.C.C.C.C.Cc1c(Cl)cccc1Cl.Cc1c(F)cc(F)cc1F.Cc1c(F)cccc1F.Cc1cc(F)c(N(C)C)cc1F.Cc1ccc(F)cc1Cl.Cc1ccc(N(C)C)cc1.Cc1ccc(OC(F)(F)F)cc1.Cc1ccccc1C.Cc1ccccc1Cl.Cc1ccccc1F. The van der Waals surface area contributed by atoms with E-state index in [1.165, 1.54) is 109 Å². The van der Waals surface area contributed by atoms with Crippen molar-refractivity contribution in [3.05, 3.63) is 334 Å². The van der Waals surface area contributed by atoms with Crippen LogP contribution in [-0.2, 0) is 0 Å². The summed E-state index contributed by atoms with van der Waals surface area (Å²) < 4.78 is 151. The summed E-state index contributed by atoms with van der Waals surface area (Å²) in [5, 5.41) is 2.77. The lowest BCUT2D eigenvalue weighted by Crippen LogP contribution is -2.16. The van der Waals surface area contributed by atoms with Gasteiger partial charge in [-0.1, -0.05) is 227 Å². The van der Waals surface area contributed by atoms with Gasteiger partial charge < -0.3 is 14.5 Å². The van der Waals surface area contributed by atoms with Crippen molar-refractivity contribution in [2.75, 3.05) is 38.0 Å². The third-order valence-corrected chi connectivity index (χ3v) is 14.5. The van der Waals surface area contributed by atoms with Crippen molar-refractivity contribution < 1.29 is 57.4 Å². The second-order valence-corrected chi connectivity index (χ2v) is 22.8. The van der Waals surface area contributed by atoms with Crippen molar-refractivity contribution in [2.45, 2.75) is 149 Å². The van der Waals surface area contributed by atoms with Gasteiger partial charge in [-0.05, 0) is 194 Å². The molecule has 0 unspecified atom stereocenters. The molecule has 3 nitrogen and oxygen atoms in total. The van der Waals surface area contributed by atoms with Gasteiger partial charge in [0.1, 0.15) is 58.1 Å². The molecule has 0 bridgehead atoms. The molecule has 0 radical (unpaired) electrons. The van der Waals surface area contributed by atoms with E-state index in [9.17, 15) is 52.7 Å². The van der Waals surface area contributed by atoms with Crippen molar-refractivity contribution in [2.24, 2.45) is 0 Å². The Morgan fingerprint density at radius 2 is 0.644 bits per heavy atom. The summed E-state index contributed by atoms with van der Waals surface area (Å²) in [6.45, 7) is 19.8. The summed E-state index contributed by atoms with van der Waals surface area (Å²) in [7, 11) is 7.44. The fraction of sp³-hybridized carbons (Fsp3) is 0.294. The highest BCUT2D eigenvalue weighted by atomic mass is 35.5. The molecule has 0 atom stereocenters. The Balaban J connectivity index is -0.000000137. The molecule has 0 spiro atoms. The second kappa shape index (κ2) is 59.2. The molecule has 0 aliphatic heterocycles. The molecule has 0 aromatic heterocycles. The first-order valence-electron chi connectivity index (χ1n) is 28.8. The summed E-state index contributed by atoms with van der Waals surface area (Å²) in [5.41, 5.74) is 10.4. The van der Waals surface area contributed by atoms with E-state index >= 15 is 0 Å². The van der Waals surface area contributed by atoms with Crippen molar-refractivity contribution in [3.63, 3.8) is 0 Å². The van der Waals surface area contributed by atoms with E-state index in [0.717, 1.165) is 37.3 Å². The molecule has 0 heterocycles. The van der Waals surface area contributed by atoms with Crippen LogP contribution in [-0.4, -0.2) is 34.6 Å². The first-order valence-corrected chi connectivity index (χ1v) is 30.3. The molecule has 0 saturated heterocycles. The number of ether oxygens (including phenoxy) is 1. The van der Waals surface area contributed by atoms with Gasteiger partial charge in [-0.25, -0.2) is 39.5 Å². The highest BCUT2D eigenvalue weighted by Crippen LogP contribution is 2.25. The number of alkyl halides is 3. The smallest absolute Gasteiger partial charge is 0.406 e. The minimum absolute atomic E-state index is 0. The Hall–Kier alpha value is -8.08. The predicted molar refractivity (Wildman–Crippen MR) is 432 cm³/mol. The minimum atomic E-state index is -4.60. The summed E-state index contributed by atoms with van der Waals surface area (Å²) in [5.74, 6) is -4.94. The maximum Gasteiger partial charge on any atom is 0.573 e. The van der Waals surface area contributed by atoms with Crippen LogP contribution in [0, 0.1) is 129 Å². The zero-order chi connectivity index (χ0) is 72.3. The van der Waals surface area contributed by atoms with E-state index < -0.39 is 35.4 Å². The molecule has 10 aromatic carbocycles. The van der Waals surface area contributed by atoms with Crippen LogP contribution in [0.15, 0.2) is 200 Å².